The fourth-order valence-electron chi connectivity index (χ4n) is 1.26. The summed E-state index contributed by atoms with van der Waals surface area (Å²) in [6.45, 7) is 3.33. The molecule has 2 N–H and O–H groups in total. The van der Waals surface area contributed by atoms with E-state index in [1.807, 2.05) is 14.0 Å². The number of rotatable bonds is 8. The normalized spacial score (nSPS) is 12.6. The number of thioether (sulfide) groups is 1. The molecule has 1 rings (SSSR count). The van der Waals surface area contributed by atoms with Crippen molar-refractivity contribution in [3.8, 4) is 0 Å². The Labute approximate surface area is 104 Å². The zero-order chi connectivity index (χ0) is 12.7. The Morgan fingerprint density at radius 2 is 2.41 bits per heavy atom. The van der Waals surface area contributed by atoms with E-state index in [9.17, 15) is 4.79 Å². The molecule has 0 saturated carbocycles. The second kappa shape index (κ2) is 7.23. The van der Waals surface area contributed by atoms with E-state index >= 15 is 0 Å². The quantitative estimate of drug-likeness (QED) is 0.646. The minimum Gasteiger partial charge on any atom is -0.480 e. The molecule has 0 spiro atoms. The first kappa shape index (κ1) is 13.9. The Morgan fingerprint density at radius 3 is 3.00 bits per heavy atom. The molecular formula is C9H17N5O2S. The third kappa shape index (κ3) is 4.31. The van der Waals surface area contributed by atoms with Crippen molar-refractivity contribution < 1.29 is 9.90 Å². The summed E-state index contributed by atoms with van der Waals surface area (Å²) in [6.07, 6.45) is 1.43. The van der Waals surface area contributed by atoms with Gasteiger partial charge in [0.15, 0.2) is 0 Å². The molecule has 0 fully saturated rings. The number of carboxylic acids is 1. The summed E-state index contributed by atoms with van der Waals surface area (Å²) >= 11 is 1.20. The molecule has 0 aliphatic rings. The molecule has 1 heterocycles. The van der Waals surface area contributed by atoms with Crippen LogP contribution in [0.3, 0.4) is 0 Å². The number of carbonyl (C=O) groups is 1. The summed E-state index contributed by atoms with van der Waals surface area (Å²) in [5.41, 5.74) is 0. The Bertz CT molecular complexity index is 357. The van der Waals surface area contributed by atoms with Crippen molar-refractivity contribution in [2.75, 3.05) is 13.6 Å². The fourth-order valence-corrected chi connectivity index (χ4v) is 2.30. The molecule has 0 aliphatic heterocycles. The van der Waals surface area contributed by atoms with Gasteiger partial charge in [-0.15, -0.1) is 5.10 Å². The summed E-state index contributed by atoms with van der Waals surface area (Å²) in [4.78, 5) is 11.0. The van der Waals surface area contributed by atoms with E-state index in [-0.39, 0.29) is 0 Å². The molecular weight excluding hydrogens is 242 g/mol. The molecule has 0 bridgehead atoms. The van der Waals surface area contributed by atoms with Gasteiger partial charge < -0.3 is 10.4 Å². The number of hydrogen-bond donors (Lipinski definition) is 2. The van der Waals surface area contributed by atoms with Gasteiger partial charge in [0.05, 0.1) is 6.54 Å². The lowest BCUT2D eigenvalue weighted by atomic mass is 10.2. The third-order valence-electron chi connectivity index (χ3n) is 2.15. The lowest BCUT2D eigenvalue weighted by Gasteiger charge is -2.10. The van der Waals surface area contributed by atoms with E-state index in [2.05, 4.69) is 20.8 Å². The van der Waals surface area contributed by atoms with Crippen molar-refractivity contribution >= 4 is 17.7 Å². The third-order valence-corrected chi connectivity index (χ3v) is 3.37. The Kier molecular flexibility index (Phi) is 5.92. The minimum atomic E-state index is -0.819. The molecule has 0 aliphatic carbocycles. The number of nitrogens with one attached hydrogen (secondary N) is 1. The minimum absolute atomic E-state index is 0.487. The monoisotopic (exact) mass is 259 g/mol. The summed E-state index contributed by atoms with van der Waals surface area (Å²) in [5.74, 6) is -0.819. The summed E-state index contributed by atoms with van der Waals surface area (Å²) < 4.78 is 1.62. The summed E-state index contributed by atoms with van der Waals surface area (Å²) in [7, 11) is 1.84. The highest BCUT2D eigenvalue weighted by molar-refractivity contribution is 8.00. The van der Waals surface area contributed by atoms with Gasteiger partial charge in [-0.2, -0.15) is 0 Å². The van der Waals surface area contributed by atoms with Gasteiger partial charge in [0.2, 0.25) is 5.16 Å². The Balaban J connectivity index is 2.65. The second-order valence-corrected chi connectivity index (χ2v) is 4.69. The maximum Gasteiger partial charge on any atom is 0.317 e. The molecule has 0 radical (unpaired) electrons. The average Bonchev–Trinajstić information content (AvgIpc) is 2.73. The molecule has 17 heavy (non-hydrogen) atoms. The molecule has 1 unspecified atom stereocenters. The van der Waals surface area contributed by atoms with E-state index in [4.69, 9.17) is 5.11 Å². The van der Waals surface area contributed by atoms with Crippen LogP contribution >= 0.6 is 11.8 Å². The molecule has 8 heteroatoms. The van der Waals surface area contributed by atoms with Crippen LogP contribution < -0.4 is 5.32 Å². The zero-order valence-electron chi connectivity index (χ0n) is 9.96. The van der Waals surface area contributed by atoms with Crippen LogP contribution in [0.1, 0.15) is 19.8 Å². The lowest BCUT2D eigenvalue weighted by Crippen LogP contribution is -2.19. The first-order valence-corrected chi connectivity index (χ1v) is 6.37. The Morgan fingerprint density at radius 1 is 1.65 bits per heavy atom. The van der Waals surface area contributed by atoms with Crippen LogP contribution in [0.15, 0.2) is 5.16 Å². The number of hydrogen-bond acceptors (Lipinski definition) is 6. The molecule has 1 aromatic heterocycles. The van der Waals surface area contributed by atoms with Crippen molar-refractivity contribution in [1.29, 1.82) is 0 Å². The molecule has 0 saturated heterocycles. The first-order valence-electron chi connectivity index (χ1n) is 5.49. The maximum atomic E-state index is 11.0. The number of carboxylic acid groups (broad SMARTS) is 1. The van der Waals surface area contributed by atoms with E-state index < -0.39 is 11.2 Å². The van der Waals surface area contributed by atoms with Crippen LogP contribution in [0.4, 0.5) is 0 Å². The molecule has 1 aromatic rings. The van der Waals surface area contributed by atoms with Gasteiger partial charge in [-0.1, -0.05) is 25.1 Å². The Hall–Kier alpha value is -1.15. The van der Waals surface area contributed by atoms with Crippen molar-refractivity contribution in [2.45, 2.75) is 36.7 Å². The van der Waals surface area contributed by atoms with Crippen molar-refractivity contribution in [3.63, 3.8) is 0 Å². The second-order valence-electron chi connectivity index (χ2n) is 3.52. The molecule has 0 amide bonds. The van der Waals surface area contributed by atoms with Crippen LogP contribution in [0, 0.1) is 0 Å². The van der Waals surface area contributed by atoms with Gasteiger partial charge in [0, 0.05) is 6.54 Å². The van der Waals surface area contributed by atoms with Gasteiger partial charge >= 0.3 is 5.97 Å². The zero-order valence-corrected chi connectivity index (χ0v) is 10.8. The van der Waals surface area contributed by atoms with Crippen molar-refractivity contribution in [2.24, 2.45) is 0 Å². The highest BCUT2D eigenvalue weighted by Crippen LogP contribution is 2.23. The maximum absolute atomic E-state index is 11.0. The predicted octanol–water partition coefficient (Wildman–Crippen LogP) is 0.238. The predicted molar refractivity (Wildman–Crippen MR) is 63.9 cm³/mol. The smallest absolute Gasteiger partial charge is 0.317 e. The van der Waals surface area contributed by atoms with Crippen molar-refractivity contribution in [1.82, 2.24) is 25.5 Å². The number of nitrogens with zero attached hydrogens (tertiary/aromatic N) is 4. The van der Waals surface area contributed by atoms with Crippen LogP contribution in [0.25, 0.3) is 0 Å². The first-order chi connectivity index (χ1) is 8.19. The lowest BCUT2D eigenvalue weighted by molar-refractivity contribution is -0.136. The highest BCUT2D eigenvalue weighted by Gasteiger charge is 2.21. The van der Waals surface area contributed by atoms with Crippen LogP contribution in [-0.2, 0) is 11.3 Å². The van der Waals surface area contributed by atoms with Crippen molar-refractivity contribution in [3.05, 3.63) is 0 Å². The molecule has 96 valence electrons. The molecule has 0 aromatic carbocycles. The summed E-state index contributed by atoms with van der Waals surface area (Å²) in [5, 5.41) is 23.4. The number of aliphatic carboxylic acids is 1. The average molecular weight is 259 g/mol. The van der Waals surface area contributed by atoms with Gasteiger partial charge in [0.25, 0.3) is 0 Å². The topological polar surface area (TPSA) is 92.9 Å². The van der Waals surface area contributed by atoms with Crippen LogP contribution in [0.5, 0.6) is 0 Å². The number of aromatic nitrogens is 4. The number of tetrazole rings is 1. The fraction of sp³-hybridized carbons (Fsp3) is 0.778. The van der Waals surface area contributed by atoms with Gasteiger partial charge in [-0.05, 0) is 23.9 Å². The van der Waals surface area contributed by atoms with Gasteiger partial charge in [0.1, 0.15) is 5.25 Å². The SMILES string of the molecule is CCCC(Sc1nnnn1CCNC)C(=O)O. The molecule has 7 nitrogen and oxygen atoms in total. The highest BCUT2D eigenvalue weighted by atomic mass is 32.2. The molecule has 1 atom stereocenters. The van der Waals surface area contributed by atoms with Gasteiger partial charge in [-0.3, -0.25) is 4.79 Å². The van der Waals surface area contributed by atoms with Gasteiger partial charge in [-0.25, -0.2) is 4.68 Å². The van der Waals surface area contributed by atoms with Crippen LogP contribution in [-0.4, -0.2) is 50.1 Å². The van der Waals surface area contributed by atoms with E-state index in [0.717, 1.165) is 13.0 Å². The number of likely N-dealkylation sites (N-methyl/N-ethyl adjacent to an activating group) is 1. The standard InChI is InChI=1S/C9H17N5O2S/c1-3-4-7(8(15)16)17-9-11-12-13-14(9)6-5-10-2/h7,10H,3-6H2,1-2H3,(H,15,16). The largest absolute Gasteiger partial charge is 0.480 e. The van der Waals surface area contributed by atoms with E-state index in [0.29, 0.717) is 18.1 Å². The van der Waals surface area contributed by atoms with Crippen LogP contribution in [0.2, 0.25) is 0 Å². The van der Waals surface area contributed by atoms with E-state index in [1.54, 1.807) is 4.68 Å². The summed E-state index contributed by atoms with van der Waals surface area (Å²) in [6, 6.07) is 0. The van der Waals surface area contributed by atoms with E-state index in [1.165, 1.54) is 11.8 Å².